The van der Waals surface area contributed by atoms with Crippen LogP contribution in [0.15, 0.2) is 12.2 Å². The van der Waals surface area contributed by atoms with Crippen LogP contribution in [0.25, 0.3) is 0 Å². The van der Waals surface area contributed by atoms with Crippen LogP contribution >= 0.6 is 0 Å². The van der Waals surface area contributed by atoms with E-state index in [0.717, 1.165) is 25.9 Å². The van der Waals surface area contributed by atoms with E-state index in [2.05, 4.69) is 12.2 Å². The summed E-state index contributed by atoms with van der Waals surface area (Å²) in [5, 5.41) is 0. The highest BCUT2D eigenvalue weighted by molar-refractivity contribution is 5.07. The van der Waals surface area contributed by atoms with Crippen molar-refractivity contribution < 1.29 is 14.2 Å². The van der Waals surface area contributed by atoms with E-state index in [-0.39, 0.29) is 18.5 Å². The summed E-state index contributed by atoms with van der Waals surface area (Å²) in [4.78, 5) is 0. The molecule has 0 radical (unpaired) electrons. The highest BCUT2D eigenvalue weighted by Gasteiger charge is 2.33. The molecule has 0 aromatic rings. The predicted octanol–water partition coefficient (Wildman–Crippen LogP) is 2.02. The van der Waals surface area contributed by atoms with Crippen LogP contribution in [0.3, 0.4) is 0 Å². The lowest BCUT2D eigenvalue weighted by Crippen LogP contribution is -2.35. The van der Waals surface area contributed by atoms with Gasteiger partial charge in [0.15, 0.2) is 6.29 Å². The third-order valence-electron chi connectivity index (χ3n) is 3.36. The fraction of sp³-hybridized carbons (Fsp3) is 0.833. The molecule has 2 saturated heterocycles. The fourth-order valence-corrected chi connectivity index (χ4v) is 2.59. The molecule has 0 amide bonds. The summed E-state index contributed by atoms with van der Waals surface area (Å²) in [5.41, 5.74) is 0. The molecule has 3 heterocycles. The summed E-state index contributed by atoms with van der Waals surface area (Å²) >= 11 is 0. The molecule has 3 aliphatic heterocycles. The third kappa shape index (κ3) is 2.25. The molecule has 2 bridgehead atoms. The second-order valence-electron chi connectivity index (χ2n) is 4.62. The number of ether oxygens (including phenoxy) is 3. The monoisotopic (exact) mass is 210 g/mol. The summed E-state index contributed by atoms with van der Waals surface area (Å²) in [6, 6.07) is 0. The minimum Gasteiger partial charge on any atom is -0.367 e. The van der Waals surface area contributed by atoms with E-state index in [1.165, 1.54) is 12.8 Å². The fourth-order valence-electron chi connectivity index (χ4n) is 2.59. The Hall–Kier alpha value is -0.380. The number of hydrogen-bond donors (Lipinski definition) is 0. The highest BCUT2D eigenvalue weighted by atomic mass is 16.7. The maximum absolute atomic E-state index is 5.97. The first-order valence-electron chi connectivity index (χ1n) is 6.01. The summed E-state index contributed by atoms with van der Waals surface area (Å²) in [6.45, 7) is 0.860. The summed E-state index contributed by atoms with van der Waals surface area (Å²) in [6.07, 6.45) is 10.7. The van der Waals surface area contributed by atoms with Gasteiger partial charge in [0, 0.05) is 19.4 Å². The van der Waals surface area contributed by atoms with E-state index in [1.807, 2.05) is 0 Å². The topological polar surface area (TPSA) is 27.7 Å². The van der Waals surface area contributed by atoms with E-state index in [1.54, 1.807) is 0 Å². The van der Waals surface area contributed by atoms with E-state index in [4.69, 9.17) is 14.2 Å². The molecule has 0 aromatic heterocycles. The summed E-state index contributed by atoms with van der Waals surface area (Å²) in [5.74, 6) is 0. The second kappa shape index (κ2) is 4.24. The van der Waals surface area contributed by atoms with Crippen molar-refractivity contribution in [1.29, 1.82) is 0 Å². The molecule has 0 aromatic carbocycles. The van der Waals surface area contributed by atoms with Crippen molar-refractivity contribution in [3.63, 3.8) is 0 Å². The lowest BCUT2D eigenvalue weighted by Gasteiger charge is -2.32. The molecule has 15 heavy (non-hydrogen) atoms. The van der Waals surface area contributed by atoms with Crippen molar-refractivity contribution in [2.45, 2.75) is 56.7 Å². The number of fused-ring (bicyclic) bond motifs is 2. The molecule has 3 rings (SSSR count). The van der Waals surface area contributed by atoms with Crippen LogP contribution in [0.5, 0.6) is 0 Å². The van der Waals surface area contributed by atoms with Gasteiger partial charge in [-0.25, -0.2) is 0 Å². The molecular formula is C12H18O3. The first-order valence-corrected chi connectivity index (χ1v) is 6.01. The maximum Gasteiger partial charge on any atom is 0.157 e. The number of hydrogen-bond acceptors (Lipinski definition) is 3. The van der Waals surface area contributed by atoms with Crippen molar-refractivity contribution in [2.75, 3.05) is 6.61 Å². The standard InChI is InChI=1S/C12H18O3/c1-2-6-13-12(3-1)15-11-7-9-4-5-10(8-11)14-9/h4-5,9-12H,1-3,6-8H2. The summed E-state index contributed by atoms with van der Waals surface area (Å²) in [7, 11) is 0. The average Bonchev–Trinajstić information content (AvgIpc) is 2.60. The van der Waals surface area contributed by atoms with E-state index >= 15 is 0 Å². The van der Waals surface area contributed by atoms with E-state index < -0.39 is 0 Å². The van der Waals surface area contributed by atoms with Crippen LogP contribution < -0.4 is 0 Å². The van der Waals surface area contributed by atoms with Crippen molar-refractivity contribution in [3.05, 3.63) is 12.2 Å². The smallest absolute Gasteiger partial charge is 0.157 e. The highest BCUT2D eigenvalue weighted by Crippen LogP contribution is 2.30. The van der Waals surface area contributed by atoms with Gasteiger partial charge in [0.25, 0.3) is 0 Å². The molecule has 3 aliphatic rings. The quantitative estimate of drug-likeness (QED) is 0.653. The van der Waals surface area contributed by atoms with Crippen molar-refractivity contribution in [1.82, 2.24) is 0 Å². The van der Waals surface area contributed by atoms with Gasteiger partial charge in [-0.2, -0.15) is 0 Å². The second-order valence-corrected chi connectivity index (χ2v) is 4.62. The molecule has 84 valence electrons. The molecular weight excluding hydrogens is 192 g/mol. The Kier molecular flexibility index (Phi) is 2.77. The minimum absolute atomic E-state index is 0.0428. The molecule has 0 spiro atoms. The Labute approximate surface area is 90.4 Å². The van der Waals surface area contributed by atoms with Crippen LogP contribution in [-0.4, -0.2) is 31.2 Å². The van der Waals surface area contributed by atoms with Crippen LogP contribution in [0, 0.1) is 0 Å². The molecule has 3 unspecified atom stereocenters. The van der Waals surface area contributed by atoms with Gasteiger partial charge in [0.2, 0.25) is 0 Å². The van der Waals surface area contributed by atoms with E-state index in [0.29, 0.717) is 6.10 Å². The van der Waals surface area contributed by atoms with Gasteiger partial charge in [-0.1, -0.05) is 12.2 Å². The number of rotatable bonds is 2. The largest absolute Gasteiger partial charge is 0.367 e. The third-order valence-corrected chi connectivity index (χ3v) is 3.36. The zero-order valence-electron chi connectivity index (χ0n) is 8.93. The normalized spacial score (nSPS) is 44.5. The van der Waals surface area contributed by atoms with Gasteiger partial charge >= 0.3 is 0 Å². The Bertz CT molecular complexity index is 231. The zero-order valence-corrected chi connectivity index (χ0v) is 8.93. The Balaban J connectivity index is 1.51. The summed E-state index contributed by atoms with van der Waals surface area (Å²) < 4.78 is 17.2. The lowest BCUT2D eigenvalue weighted by atomic mass is 10.1. The van der Waals surface area contributed by atoms with Crippen molar-refractivity contribution in [2.24, 2.45) is 0 Å². The van der Waals surface area contributed by atoms with Crippen LogP contribution in [0.1, 0.15) is 32.1 Å². The van der Waals surface area contributed by atoms with Crippen molar-refractivity contribution >= 4 is 0 Å². The Morgan fingerprint density at radius 1 is 1.07 bits per heavy atom. The van der Waals surface area contributed by atoms with Crippen LogP contribution in [-0.2, 0) is 14.2 Å². The zero-order chi connectivity index (χ0) is 10.1. The van der Waals surface area contributed by atoms with Gasteiger partial charge in [0.05, 0.1) is 18.3 Å². The van der Waals surface area contributed by atoms with Crippen LogP contribution in [0.2, 0.25) is 0 Å². The predicted molar refractivity (Wildman–Crippen MR) is 55.5 cm³/mol. The van der Waals surface area contributed by atoms with Gasteiger partial charge in [-0.3, -0.25) is 0 Å². The molecule has 0 N–H and O–H groups in total. The first-order chi connectivity index (χ1) is 7.40. The van der Waals surface area contributed by atoms with Crippen molar-refractivity contribution in [3.8, 4) is 0 Å². The minimum atomic E-state index is 0.0428. The van der Waals surface area contributed by atoms with Gasteiger partial charge < -0.3 is 14.2 Å². The molecule has 2 fully saturated rings. The molecule has 0 aliphatic carbocycles. The Morgan fingerprint density at radius 2 is 1.87 bits per heavy atom. The average molecular weight is 210 g/mol. The van der Waals surface area contributed by atoms with E-state index in [9.17, 15) is 0 Å². The van der Waals surface area contributed by atoms with Gasteiger partial charge in [0.1, 0.15) is 0 Å². The first kappa shape index (κ1) is 9.82. The maximum atomic E-state index is 5.97. The van der Waals surface area contributed by atoms with Gasteiger partial charge in [-0.05, 0) is 19.3 Å². The molecule has 3 atom stereocenters. The molecule has 3 heteroatoms. The SMILES string of the molecule is C1=CC2CC(OC3CCCCO3)CC1O2. The Morgan fingerprint density at radius 3 is 2.53 bits per heavy atom. The van der Waals surface area contributed by atoms with Gasteiger partial charge in [-0.15, -0.1) is 0 Å². The molecule has 0 saturated carbocycles. The lowest BCUT2D eigenvalue weighted by molar-refractivity contribution is -0.207. The van der Waals surface area contributed by atoms with Crippen LogP contribution in [0.4, 0.5) is 0 Å². The molecule has 3 nitrogen and oxygen atoms in total.